The topological polar surface area (TPSA) is 78.7 Å². The summed E-state index contributed by atoms with van der Waals surface area (Å²) < 4.78 is 19.5. The molecule has 2 aromatic rings. The lowest BCUT2D eigenvalue weighted by Gasteiger charge is -2.33. The Bertz CT molecular complexity index is 904. The van der Waals surface area contributed by atoms with Crippen molar-refractivity contribution in [3.8, 4) is 5.88 Å². The average Bonchev–Trinajstić information content (AvgIpc) is 3.11. The quantitative estimate of drug-likeness (QED) is 0.415. The maximum atomic E-state index is 12.4. The van der Waals surface area contributed by atoms with Gasteiger partial charge >= 0.3 is 6.09 Å². The molecule has 178 valence electrons. The highest BCUT2D eigenvalue weighted by Crippen LogP contribution is 2.25. The molecule has 0 saturated carbocycles. The van der Waals surface area contributed by atoms with Gasteiger partial charge in [-0.05, 0) is 45.7 Å². The van der Waals surface area contributed by atoms with Crippen molar-refractivity contribution in [3.63, 3.8) is 0 Å². The number of hydrogen-bond donors (Lipinski definition) is 0. The number of likely N-dealkylation sites (tertiary alicyclic amines) is 1. The number of nitrogens with zero attached hydrogens (tertiary/aromatic N) is 4. The smallest absolute Gasteiger partial charge is 0.410 e. The van der Waals surface area contributed by atoms with Crippen molar-refractivity contribution >= 4 is 25.2 Å². The number of carbonyl (C=O) groups is 1. The number of ether oxygens (including phenoxy) is 3. The van der Waals surface area contributed by atoms with E-state index in [1.807, 2.05) is 37.6 Å². The normalized spacial score (nSPS) is 17.6. The predicted octanol–water partition coefficient (Wildman–Crippen LogP) is 4.77. The zero-order valence-corrected chi connectivity index (χ0v) is 21.4. The molecule has 32 heavy (non-hydrogen) atoms. The third kappa shape index (κ3) is 7.20. The van der Waals surface area contributed by atoms with Crippen LogP contribution in [-0.2, 0) is 16.2 Å². The Morgan fingerprint density at radius 3 is 2.75 bits per heavy atom. The second kappa shape index (κ2) is 10.2. The summed E-state index contributed by atoms with van der Waals surface area (Å²) in [5.74, 6) is 0.818. The molecule has 0 aliphatic carbocycles. The monoisotopic (exact) mass is 462 g/mol. The minimum absolute atomic E-state index is 0.244. The lowest BCUT2D eigenvalue weighted by Crippen LogP contribution is -2.44. The number of hydrogen-bond acceptors (Lipinski definition) is 6. The van der Waals surface area contributed by atoms with Crippen LogP contribution in [0.1, 0.15) is 33.6 Å². The lowest BCUT2D eigenvalue weighted by atomic mass is 9.99. The van der Waals surface area contributed by atoms with Gasteiger partial charge in [0.1, 0.15) is 24.3 Å². The summed E-state index contributed by atoms with van der Waals surface area (Å²) in [5.41, 5.74) is 0.320. The van der Waals surface area contributed by atoms with E-state index in [4.69, 9.17) is 14.2 Å². The molecule has 1 aliphatic heterocycles. The summed E-state index contributed by atoms with van der Waals surface area (Å²) >= 11 is 0. The van der Waals surface area contributed by atoms with E-state index >= 15 is 0 Å². The van der Waals surface area contributed by atoms with Crippen LogP contribution in [0.15, 0.2) is 18.6 Å². The van der Waals surface area contributed by atoms with Gasteiger partial charge in [0.25, 0.3) is 0 Å². The Labute approximate surface area is 192 Å². The molecule has 0 spiro atoms. The van der Waals surface area contributed by atoms with Crippen molar-refractivity contribution in [2.24, 2.45) is 5.92 Å². The molecule has 3 rings (SSSR count). The van der Waals surface area contributed by atoms with E-state index in [0.717, 1.165) is 43.1 Å². The molecule has 3 heterocycles. The highest BCUT2D eigenvalue weighted by atomic mass is 28.3. The molecule has 0 N–H and O–H groups in total. The Morgan fingerprint density at radius 2 is 2.03 bits per heavy atom. The second-order valence-corrected chi connectivity index (χ2v) is 16.4. The molecule has 1 saturated heterocycles. The Kier molecular flexibility index (Phi) is 7.82. The van der Waals surface area contributed by atoms with Crippen LogP contribution in [0.2, 0.25) is 25.7 Å². The summed E-state index contributed by atoms with van der Waals surface area (Å²) in [4.78, 5) is 23.0. The fraction of sp³-hybridized carbons (Fsp3) is 0.696. The van der Waals surface area contributed by atoms with Gasteiger partial charge in [-0.25, -0.2) is 14.8 Å². The van der Waals surface area contributed by atoms with E-state index in [1.165, 1.54) is 6.33 Å². The molecule has 0 radical (unpaired) electrons. The highest BCUT2D eigenvalue weighted by Gasteiger charge is 2.28. The van der Waals surface area contributed by atoms with Crippen molar-refractivity contribution in [1.29, 1.82) is 0 Å². The van der Waals surface area contributed by atoms with Crippen LogP contribution >= 0.6 is 0 Å². The maximum Gasteiger partial charge on any atom is 0.410 e. The van der Waals surface area contributed by atoms with Gasteiger partial charge in [0.05, 0.1) is 12.0 Å². The predicted molar refractivity (Wildman–Crippen MR) is 128 cm³/mol. The van der Waals surface area contributed by atoms with Crippen LogP contribution in [0.3, 0.4) is 0 Å². The molecule has 1 amide bonds. The van der Waals surface area contributed by atoms with Gasteiger partial charge in [0.15, 0.2) is 0 Å². The lowest BCUT2D eigenvalue weighted by molar-refractivity contribution is 0.0138. The third-order valence-corrected chi connectivity index (χ3v) is 7.08. The molecule has 8 nitrogen and oxygen atoms in total. The fourth-order valence-corrected chi connectivity index (χ4v) is 4.39. The van der Waals surface area contributed by atoms with E-state index in [0.29, 0.717) is 25.8 Å². The number of piperidine rings is 1. The first-order valence-electron chi connectivity index (χ1n) is 11.5. The number of rotatable bonds is 8. The van der Waals surface area contributed by atoms with E-state index in [9.17, 15) is 4.79 Å². The van der Waals surface area contributed by atoms with Crippen molar-refractivity contribution in [1.82, 2.24) is 19.4 Å². The zero-order chi connectivity index (χ0) is 23.4. The molecular weight excluding hydrogens is 424 g/mol. The number of aromatic nitrogens is 3. The van der Waals surface area contributed by atoms with Crippen LogP contribution < -0.4 is 4.74 Å². The largest absolute Gasteiger partial charge is 0.477 e. The van der Waals surface area contributed by atoms with Gasteiger partial charge in [0.2, 0.25) is 5.88 Å². The summed E-state index contributed by atoms with van der Waals surface area (Å²) in [7, 11) is -1.11. The van der Waals surface area contributed by atoms with Crippen molar-refractivity contribution in [3.05, 3.63) is 18.6 Å². The first kappa shape index (κ1) is 24.5. The number of amides is 1. The first-order valence-corrected chi connectivity index (χ1v) is 15.2. The van der Waals surface area contributed by atoms with Gasteiger partial charge in [-0.2, -0.15) is 0 Å². The molecule has 0 bridgehead atoms. The van der Waals surface area contributed by atoms with Crippen molar-refractivity contribution < 1.29 is 19.0 Å². The zero-order valence-electron chi connectivity index (χ0n) is 20.4. The summed E-state index contributed by atoms with van der Waals surface area (Å²) in [6.45, 7) is 15.8. The van der Waals surface area contributed by atoms with Crippen LogP contribution in [-0.4, -0.2) is 65.5 Å². The summed E-state index contributed by atoms with van der Waals surface area (Å²) in [6.07, 6.45) is 5.20. The molecule has 1 atom stereocenters. The van der Waals surface area contributed by atoms with Gasteiger partial charge in [-0.3, -0.25) is 0 Å². The summed E-state index contributed by atoms with van der Waals surface area (Å²) in [6, 6.07) is 3.11. The van der Waals surface area contributed by atoms with Gasteiger partial charge in [-0.15, -0.1) is 0 Å². The van der Waals surface area contributed by atoms with Gasteiger partial charge < -0.3 is 23.7 Å². The minimum Gasteiger partial charge on any atom is -0.477 e. The fourth-order valence-electron chi connectivity index (χ4n) is 3.63. The van der Waals surface area contributed by atoms with E-state index in [2.05, 4.69) is 29.6 Å². The molecule has 1 unspecified atom stereocenters. The Balaban J connectivity index is 1.56. The standard InChI is InChI=1S/C23H38N4O4Si/c1-23(2,3)31-22(28)26-10-7-8-18(14-26)15-30-21-19-9-11-27(20(19)24-16-25-21)17-29-12-13-32(4,5)6/h9,11,16,18H,7-8,10,12-15,17H2,1-6H3. The highest BCUT2D eigenvalue weighted by molar-refractivity contribution is 6.76. The maximum absolute atomic E-state index is 12.4. The van der Waals surface area contributed by atoms with Crippen LogP contribution in [0, 0.1) is 5.92 Å². The molecule has 9 heteroatoms. The van der Waals surface area contributed by atoms with Crippen LogP contribution in [0.25, 0.3) is 11.0 Å². The van der Waals surface area contributed by atoms with E-state index in [1.54, 1.807) is 4.90 Å². The first-order chi connectivity index (χ1) is 15.0. The van der Waals surface area contributed by atoms with E-state index < -0.39 is 13.7 Å². The molecule has 1 fully saturated rings. The van der Waals surface area contributed by atoms with E-state index in [-0.39, 0.29) is 12.0 Å². The Hall–Kier alpha value is -2.13. The summed E-state index contributed by atoms with van der Waals surface area (Å²) in [5, 5.41) is 0.876. The molecular formula is C23H38N4O4Si. The average molecular weight is 463 g/mol. The van der Waals surface area contributed by atoms with Crippen LogP contribution in [0.4, 0.5) is 4.79 Å². The molecule has 2 aromatic heterocycles. The Morgan fingerprint density at radius 1 is 1.25 bits per heavy atom. The van der Waals surface area contributed by atoms with Gasteiger partial charge in [-0.1, -0.05) is 19.6 Å². The third-order valence-electron chi connectivity index (χ3n) is 5.37. The SMILES string of the molecule is CC(C)(C)OC(=O)N1CCCC(COc2ncnc3c2ccn3COCC[Si](C)(C)C)C1. The van der Waals surface area contributed by atoms with Crippen LogP contribution in [0.5, 0.6) is 5.88 Å². The second-order valence-electron chi connectivity index (χ2n) is 10.8. The van der Waals surface area contributed by atoms with Gasteiger partial charge in [0, 0.05) is 39.9 Å². The molecule has 0 aromatic carbocycles. The molecule has 1 aliphatic rings. The number of fused-ring (bicyclic) bond motifs is 1. The number of carbonyl (C=O) groups excluding carboxylic acids is 1. The van der Waals surface area contributed by atoms with Crippen molar-refractivity contribution in [2.45, 2.75) is 71.6 Å². The minimum atomic E-state index is -1.11. The van der Waals surface area contributed by atoms with Crippen molar-refractivity contribution in [2.75, 3.05) is 26.3 Å².